The maximum absolute atomic E-state index is 12.1. The first-order valence-electron chi connectivity index (χ1n) is 7.19. The van der Waals surface area contributed by atoms with Crippen molar-refractivity contribution in [1.82, 2.24) is 10.2 Å². The Morgan fingerprint density at radius 2 is 2.08 bits per heavy atom. The molecule has 0 spiro atoms. The molecule has 1 saturated heterocycles. The predicted molar refractivity (Wildman–Crippen MR) is 91.9 cm³/mol. The second-order valence-corrected chi connectivity index (χ2v) is 5.40. The van der Waals surface area contributed by atoms with E-state index in [-0.39, 0.29) is 11.6 Å². The molecule has 0 aliphatic carbocycles. The minimum absolute atomic E-state index is 0.0422. The summed E-state index contributed by atoms with van der Waals surface area (Å²) in [6.07, 6.45) is 1.53. The summed E-state index contributed by atoms with van der Waals surface area (Å²) in [5.74, 6) is 0.528. The maximum Gasteiger partial charge on any atom is 0.280 e. The van der Waals surface area contributed by atoms with Crippen LogP contribution in [-0.4, -0.2) is 27.4 Å². The van der Waals surface area contributed by atoms with Crippen LogP contribution in [0.15, 0.2) is 46.5 Å². The number of hydrogen-bond acceptors (Lipinski definition) is 5. The number of nitrogens with one attached hydrogen (secondary N) is 1. The molecule has 1 aliphatic heterocycles. The third-order valence-corrected chi connectivity index (χ3v) is 3.88. The summed E-state index contributed by atoms with van der Waals surface area (Å²) in [5.41, 5.74) is 0.647. The third-order valence-electron chi connectivity index (χ3n) is 3.56. The predicted octanol–water partition coefficient (Wildman–Crippen LogP) is 2.93. The second kappa shape index (κ2) is 6.25. The number of amides is 1. The normalized spacial score (nSPS) is 15.9. The lowest BCUT2D eigenvalue weighted by Gasteiger charge is -2.08. The SMILES string of the molecule is CCN1C(=O)/C(=C/c2ccc(-c3ccccc3[N+](=O)[O-])o2)NC1=S. The van der Waals surface area contributed by atoms with Crippen LogP contribution < -0.4 is 5.32 Å². The summed E-state index contributed by atoms with van der Waals surface area (Å²) in [5, 5.41) is 14.3. The first kappa shape index (κ1) is 15.9. The second-order valence-electron chi connectivity index (χ2n) is 5.01. The molecule has 7 nitrogen and oxygen atoms in total. The minimum atomic E-state index is -0.463. The first-order chi connectivity index (χ1) is 11.5. The summed E-state index contributed by atoms with van der Waals surface area (Å²) >= 11 is 5.09. The molecule has 24 heavy (non-hydrogen) atoms. The zero-order chi connectivity index (χ0) is 17.3. The first-order valence-corrected chi connectivity index (χ1v) is 7.60. The van der Waals surface area contributed by atoms with Crippen LogP contribution in [0.25, 0.3) is 17.4 Å². The number of carbonyl (C=O) groups is 1. The van der Waals surface area contributed by atoms with E-state index in [4.69, 9.17) is 16.6 Å². The Labute approximate surface area is 142 Å². The molecule has 1 fully saturated rings. The van der Waals surface area contributed by atoms with Gasteiger partial charge in [-0.1, -0.05) is 12.1 Å². The molecule has 1 aromatic carbocycles. The van der Waals surface area contributed by atoms with Gasteiger partial charge in [-0.25, -0.2) is 0 Å². The van der Waals surface area contributed by atoms with Crippen LogP contribution in [0.2, 0.25) is 0 Å². The number of nitro groups is 1. The highest BCUT2D eigenvalue weighted by molar-refractivity contribution is 7.80. The van der Waals surface area contributed by atoms with Crippen molar-refractivity contribution in [2.45, 2.75) is 6.92 Å². The van der Waals surface area contributed by atoms with E-state index in [1.54, 1.807) is 30.3 Å². The van der Waals surface area contributed by atoms with Gasteiger partial charge in [0.25, 0.3) is 11.6 Å². The zero-order valence-corrected chi connectivity index (χ0v) is 13.5. The van der Waals surface area contributed by atoms with E-state index in [0.29, 0.717) is 34.4 Å². The lowest BCUT2D eigenvalue weighted by Crippen LogP contribution is -2.30. The monoisotopic (exact) mass is 343 g/mol. The molecule has 2 aromatic rings. The smallest absolute Gasteiger partial charge is 0.280 e. The number of rotatable bonds is 4. The molecule has 8 heteroatoms. The Morgan fingerprint density at radius 3 is 2.75 bits per heavy atom. The topological polar surface area (TPSA) is 88.6 Å². The quantitative estimate of drug-likeness (QED) is 0.397. The molecule has 1 aliphatic rings. The maximum atomic E-state index is 12.1. The van der Waals surface area contributed by atoms with Gasteiger partial charge in [0.1, 0.15) is 17.2 Å². The molecular weight excluding hydrogens is 330 g/mol. The molecule has 2 heterocycles. The van der Waals surface area contributed by atoms with Crippen molar-refractivity contribution in [2.24, 2.45) is 0 Å². The molecule has 0 atom stereocenters. The fourth-order valence-corrected chi connectivity index (χ4v) is 2.74. The van der Waals surface area contributed by atoms with Crippen LogP contribution in [0, 0.1) is 10.1 Å². The molecule has 1 aromatic heterocycles. The summed E-state index contributed by atoms with van der Waals surface area (Å²) < 4.78 is 5.64. The van der Waals surface area contributed by atoms with Gasteiger partial charge in [-0.15, -0.1) is 0 Å². The van der Waals surface area contributed by atoms with E-state index in [1.807, 2.05) is 6.92 Å². The number of likely N-dealkylation sites (N-methyl/N-ethyl adjacent to an activating group) is 1. The van der Waals surface area contributed by atoms with Crippen LogP contribution >= 0.6 is 12.2 Å². The van der Waals surface area contributed by atoms with Crippen LogP contribution in [0.3, 0.4) is 0 Å². The van der Waals surface area contributed by atoms with Crippen LogP contribution in [0.4, 0.5) is 5.69 Å². The fourth-order valence-electron chi connectivity index (χ4n) is 2.42. The van der Waals surface area contributed by atoms with Gasteiger partial charge in [0.2, 0.25) is 0 Å². The van der Waals surface area contributed by atoms with E-state index in [2.05, 4.69) is 5.32 Å². The minimum Gasteiger partial charge on any atom is -0.456 e. The number of furan rings is 1. The highest BCUT2D eigenvalue weighted by atomic mass is 32.1. The number of carbonyl (C=O) groups excluding carboxylic acids is 1. The van der Waals surface area contributed by atoms with E-state index in [0.717, 1.165) is 0 Å². The van der Waals surface area contributed by atoms with Gasteiger partial charge >= 0.3 is 0 Å². The van der Waals surface area contributed by atoms with Crippen molar-refractivity contribution < 1.29 is 14.1 Å². The molecular formula is C16H13N3O4S. The van der Waals surface area contributed by atoms with Gasteiger partial charge in [-0.2, -0.15) is 0 Å². The van der Waals surface area contributed by atoms with Gasteiger partial charge in [0.05, 0.1) is 10.5 Å². The average Bonchev–Trinajstić information content (AvgIpc) is 3.13. The van der Waals surface area contributed by atoms with Crippen LogP contribution in [0.1, 0.15) is 12.7 Å². The Bertz CT molecular complexity index is 872. The molecule has 122 valence electrons. The molecule has 3 rings (SSSR count). The van der Waals surface area contributed by atoms with Crippen molar-refractivity contribution in [3.8, 4) is 11.3 Å². The molecule has 0 saturated carbocycles. The molecule has 1 amide bonds. The average molecular weight is 343 g/mol. The van der Waals surface area contributed by atoms with E-state index in [1.165, 1.54) is 17.0 Å². The summed E-state index contributed by atoms with van der Waals surface area (Å²) in [6, 6.07) is 9.59. The highest BCUT2D eigenvalue weighted by Gasteiger charge is 2.29. The highest BCUT2D eigenvalue weighted by Crippen LogP contribution is 2.31. The number of nitrogens with zero attached hydrogens (tertiary/aromatic N) is 2. The summed E-state index contributed by atoms with van der Waals surface area (Å²) in [7, 11) is 0. The Morgan fingerprint density at radius 1 is 1.33 bits per heavy atom. The zero-order valence-electron chi connectivity index (χ0n) is 12.7. The van der Waals surface area contributed by atoms with E-state index < -0.39 is 4.92 Å². The number of hydrogen-bond donors (Lipinski definition) is 1. The van der Waals surface area contributed by atoms with Gasteiger partial charge in [-0.05, 0) is 37.3 Å². The van der Waals surface area contributed by atoms with Crippen LogP contribution in [-0.2, 0) is 4.79 Å². The van der Waals surface area contributed by atoms with Crippen molar-refractivity contribution in [2.75, 3.05) is 6.54 Å². The van der Waals surface area contributed by atoms with E-state index in [9.17, 15) is 14.9 Å². The number of benzene rings is 1. The Hall–Kier alpha value is -3.00. The summed E-state index contributed by atoms with van der Waals surface area (Å²) in [6.45, 7) is 2.30. The molecule has 1 N–H and O–H groups in total. The lowest BCUT2D eigenvalue weighted by molar-refractivity contribution is -0.384. The largest absolute Gasteiger partial charge is 0.456 e. The van der Waals surface area contributed by atoms with Gasteiger partial charge in [0.15, 0.2) is 5.11 Å². The number of thiocarbonyl (C=S) groups is 1. The van der Waals surface area contributed by atoms with Crippen LogP contribution in [0.5, 0.6) is 0 Å². The van der Waals surface area contributed by atoms with E-state index >= 15 is 0 Å². The molecule has 0 bridgehead atoms. The van der Waals surface area contributed by atoms with Crippen molar-refractivity contribution in [3.05, 3.63) is 58.0 Å². The van der Waals surface area contributed by atoms with Crippen molar-refractivity contribution in [3.63, 3.8) is 0 Å². The molecule has 0 radical (unpaired) electrons. The van der Waals surface area contributed by atoms with Gasteiger partial charge in [-0.3, -0.25) is 19.8 Å². The Kier molecular flexibility index (Phi) is 4.13. The standard InChI is InChI=1S/C16H13N3O4S/c1-2-18-15(20)12(17-16(18)24)9-10-7-8-14(23-10)11-5-3-4-6-13(11)19(21)22/h3-9H,2H2,1H3,(H,17,24)/b12-9-. The number of nitro benzene ring substituents is 1. The summed E-state index contributed by atoms with van der Waals surface area (Å²) in [4.78, 5) is 24.2. The lowest BCUT2D eigenvalue weighted by atomic mass is 10.1. The fraction of sp³-hybridized carbons (Fsp3) is 0.125. The Balaban J connectivity index is 1.93. The van der Waals surface area contributed by atoms with Crippen molar-refractivity contribution >= 4 is 35.0 Å². The molecule has 0 unspecified atom stereocenters. The van der Waals surface area contributed by atoms with Crippen molar-refractivity contribution in [1.29, 1.82) is 0 Å². The third kappa shape index (κ3) is 2.79. The van der Waals surface area contributed by atoms with Gasteiger partial charge in [0, 0.05) is 18.7 Å². The van der Waals surface area contributed by atoms with Gasteiger partial charge < -0.3 is 9.73 Å². The number of para-hydroxylation sites is 1.